The summed E-state index contributed by atoms with van der Waals surface area (Å²) in [4.78, 5) is 22.6. The maximum Gasteiger partial charge on any atom is 0.341 e. The molecule has 0 saturated carbocycles. The molecule has 116 valence electrons. The third-order valence-electron chi connectivity index (χ3n) is 2.99. The zero-order chi connectivity index (χ0) is 15.9. The average Bonchev–Trinajstić information content (AvgIpc) is 2.53. The van der Waals surface area contributed by atoms with Gasteiger partial charge in [-0.1, -0.05) is 0 Å². The number of ether oxygens (including phenoxy) is 2. The minimum Gasteiger partial charge on any atom is -0.482 e. The van der Waals surface area contributed by atoms with E-state index in [2.05, 4.69) is 5.43 Å². The molecule has 1 fully saturated rings. The minimum absolute atomic E-state index is 0.119. The van der Waals surface area contributed by atoms with Crippen molar-refractivity contribution in [3.63, 3.8) is 0 Å². The zero-order valence-electron chi connectivity index (χ0n) is 11.7. The normalized spacial score (nSPS) is 14.9. The number of hydrazine groups is 1. The smallest absolute Gasteiger partial charge is 0.341 e. The molecule has 1 aliphatic heterocycles. The molecule has 0 spiro atoms. The van der Waals surface area contributed by atoms with Crippen molar-refractivity contribution >= 4 is 11.9 Å². The summed E-state index contributed by atoms with van der Waals surface area (Å²) in [5, 5.41) is 19.4. The molecule has 1 heterocycles. The van der Waals surface area contributed by atoms with Crippen molar-refractivity contribution in [2.75, 3.05) is 32.9 Å². The molecule has 1 saturated heterocycles. The third kappa shape index (κ3) is 4.18. The molecule has 0 bridgehead atoms. The first-order valence-electron chi connectivity index (χ1n) is 6.62. The van der Waals surface area contributed by atoms with Gasteiger partial charge in [0.1, 0.15) is 11.8 Å². The van der Waals surface area contributed by atoms with Gasteiger partial charge in [0.25, 0.3) is 5.91 Å². The molecule has 2 N–H and O–H groups in total. The molecule has 8 nitrogen and oxygen atoms in total. The predicted octanol–water partition coefficient (Wildman–Crippen LogP) is -0.00132. The van der Waals surface area contributed by atoms with Gasteiger partial charge in [-0.15, -0.1) is 0 Å². The number of nitrogens with one attached hydrogen (secondary N) is 1. The number of carboxylic acid groups (broad SMARTS) is 1. The average molecular weight is 305 g/mol. The molecule has 0 atom stereocenters. The number of aliphatic carboxylic acids is 1. The molecule has 0 aliphatic carbocycles. The lowest BCUT2D eigenvalue weighted by Crippen LogP contribution is -2.48. The quantitative estimate of drug-likeness (QED) is 0.787. The van der Waals surface area contributed by atoms with Crippen LogP contribution in [0.25, 0.3) is 0 Å². The zero-order valence-corrected chi connectivity index (χ0v) is 11.7. The number of rotatable bonds is 5. The van der Waals surface area contributed by atoms with Gasteiger partial charge in [-0.25, -0.2) is 9.80 Å². The van der Waals surface area contributed by atoms with E-state index in [4.69, 9.17) is 19.8 Å². The Morgan fingerprint density at radius 1 is 1.41 bits per heavy atom. The van der Waals surface area contributed by atoms with Gasteiger partial charge >= 0.3 is 5.97 Å². The summed E-state index contributed by atoms with van der Waals surface area (Å²) in [5.41, 5.74) is 3.03. The Labute approximate surface area is 126 Å². The van der Waals surface area contributed by atoms with Crippen molar-refractivity contribution in [2.24, 2.45) is 0 Å². The number of benzene rings is 1. The Kier molecular flexibility index (Phi) is 5.30. The largest absolute Gasteiger partial charge is 0.482 e. The summed E-state index contributed by atoms with van der Waals surface area (Å²) in [6.07, 6.45) is 0. The first-order chi connectivity index (χ1) is 10.6. The second kappa shape index (κ2) is 7.40. The van der Waals surface area contributed by atoms with E-state index in [-0.39, 0.29) is 16.9 Å². The van der Waals surface area contributed by atoms with Gasteiger partial charge in [-0.2, -0.15) is 5.26 Å². The molecule has 0 aromatic heterocycles. The number of hydrogen-bond donors (Lipinski definition) is 2. The van der Waals surface area contributed by atoms with Crippen LogP contribution in [0, 0.1) is 11.3 Å². The Bertz CT molecular complexity index is 605. The summed E-state index contributed by atoms with van der Waals surface area (Å²) in [6.45, 7) is 1.71. The highest BCUT2D eigenvalue weighted by Gasteiger charge is 2.17. The highest BCUT2D eigenvalue weighted by molar-refractivity contribution is 5.96. The fourth-order valence-electron chi connectivity index (χ4n) is 1.93. The van der Waals surface area contributed by atoms with E-state index in [9.17, 15) is 9.59 Å². The lowest BCUT2D eigenvalue weighted by Gasteiger charge is -2.27. The first-order valence-corrected chi connectivity index (χ1v) is 6.62. The molecule has 0 radical (unpaired) electrons. The Morgan fingerprint density at radius 3 is 2.77 bits per heavy atom. The van der Waals surface area contributed by atoms with E-state index >= 15 is 0 Å². The molecular formula is C14H15N3O5. The fourth-order valence-corrected chi connectivity index (χ4v) is 1.93. The van der Waals surface area contributed by atoms with Crippen molar-refractivity contribution in [3.8, 4) is 11.8 Å². The summed E-state index contributed by atoms with van der Waals surface area (Å²) >= 11 is 0. The van der Waals surface area contributed by atoms with Crippen molar-refractivity contribution in [3.05, 3.63) is 29.3 Å². The van der Waals surface area contributed by atoms with Gasteiger partial charge < -0.3 is 14.6 Å². The summed E-state index contributed by atoms with van der Waals surface area (Å²) < 4.78 is 10.2. The van der Waals surface area contributed by atoms with E-state index in [1.165, 1.54) is 18.2 Å². The highest BCUT2D eigenvalue weighted by Crippen LogP contribution is 2.17. The van der Waals surface area contributed by atoms with Gasteiger partial charge in [0.05, 0.1) is 24.3 Å². The standard InChI is InChI=1S/C14H15N3O5/c15-8-10-7-11(22-9-13(18)19)1-2-12(10)14(20)16-17-3-5-21-6-4-17/h1-2,7H,3-6,9H2,(H,16,20)(H,18,19). The fraction of sp³-hybridized carbons (Fsp3) is 0.357. The van der Waals surface area contributed by atoms with Crippen molar-refractivity contribution in [1.82, 2.24) is 10.4 Å². The second-order valence-corrected chi connectivity index (χ2v) is 4.54. The number of amides is 1. The first kappa shape index (κ1) is 15.8. The van der Waals surface area contributed by atoms with Gasteiger partial charge in [-0.05, 0) is 18.2 Å². The summed E-state index contributed by atoms with van der Waals surface area (Å²) in [7, 11) is 0. The van der Waals surface area contributed by atoms with Crippen molar-refractivity contribution < 1.29 is 24.2 Å². The molecule has 8 heteroatoms. The van der Waals surface area contributed by atoms with Crippen LogP contribution in [-0.2, 0) is 9.53 Å². The van der Waals surface area contributed by atoms with Crippen LogP contribution in [0.1, 0.15) is 15.9 Å². The van der Waals surface area contributed by atoms with Crippen molar-refractivity contribution in [2.45, 2.75) is 0 Å². The van der Waals surface area contributed by atoms with Crippen LogP contribution in [0.3, 0.4) is 0 Å². The molecule has 1 aromatic rings. The molecule has 1 aromatic carbocycles. The van der Waals surface area contributed by atoms with Gasteiger partial charge in [0, 0.05) is 13.1 Å². The Hall–Kier alpha value is -2.63. The van der Waals surface area contributed by atoms with Crippen LogP contribution in [0.15, 0.2) is 18.2 Å². The lowest BCUT2D eigenvalue weighted by molar-refractivity contribution is -0.139. The predicted molar refractivity (Wildman–Crippen MR) is 74.1 cm³/mol. The highest BCUT2D eigenvalue weighted by atomic mass is 16.5. The number of carboxylic acids is 1. The Morgan fingerprint density at radius 2 is 2.14 bits per heavy atom. The number of nitrogens with zero attached hydrogens (tertiary/aromatic N) is 2. The van der Waals surface area contributed by atoms with Crippen LogP contribution in [-0.4, -0.2) is 54.9 Å². The molecule has 22 heavy (non-hydrogen) atoms. The summed E-state index contributed by atoms with van der Waals surface area (Å²) in [6, 6.07) is 6.15. The third-order valence-corrected chi connectivity index (χ3v) is 2.99. The van der Waals surface area contributed by atoms with Crippen LogP contribution < -0.4 is 10.2 Å². The molecular weight excluding hydrogens is 290 g/mol. The maximum atomic E-state index is 12.2. The van der Waals surface area contributed by atoms with Crippen LogP contribution in [0.2, 0.25) is 0 Å². The second-order valence-electron chi connectivity index (χ2n) is 4.54. The van der Waals surface area contributed by atoms with Crippen molar-refractivity contribution in [1.29, 1.82) is 5.26 Å². The van der Waals surface area contributed by atoms with Crippen LogP contribution in [0.4, 0.5) is 0 Å². The number of morpholine rings is 1. The Balaban J connectivity index is 2.07. The number of nitriles is 1. The monoisotopic (exact) mass is 305 g/mol. The van der Waals surface area contributed by atoms with E-state index < -0.39 is 18.5 Å². The topological polar surface area (TPSA) is 112 Å². The minimum atomic E-state index is -1.12. The maximum absolute atomic E-state index is 12.2. The van der Waals surface area contributed by atoms with Gasteiger partial charge in [0.15, 0.2) is 6.61 Å². The number of carbonyl (C=O) groups is 2. The number of carbonyl (C=O) groups excluding carboxylic acids is 1. The van der Waals surface area contributed by atoms with Gasteiger partial charge in [0.2, 0.25) is 0 Å². The SMILES string of the molecule is N#Cc1cc(OCC(=O)O)ccc1C(=O)NN1CCOCC1. The summed E-state index contributed by atoms with van der Waals surface area (Å²) in [5.74, 6) is -1.29. The van der Waals surface area contributed by atoms with Crippen LogP contribution in [0.5, 0.6) is 5.75 Å². The molecule has 0 unspecified atom stereocenters. The van der Waals surface area contributed by atoms with E-state index in [0.29, 0.717) is 26.3 Å². The van der Waals surface area contributed by atoms with Crippen LogP contribution >= 0.6 is 0 Å². The van der Waals surface area contributed by atoms with E-state index in [1.54, 1.807) is 5.01 Å². The van der Waals surface area contributed by atoms with E-state index in [1.807, 2.05) is 6.07 Å². The number of hydrogen-bond acceptors (Lipinski definition) is 6. The van der Waals surface area contributed by atoms with E-state index in [0.717, 1.165) is 0 Å². The molecule has 2 rings (SSSR count). The van der Waals surface area contributed by atoms with Gasteiger partial charge in [-0.3, -0.25) is 10.2 Å². The molecule has 1 aliphatic rings. The molecule has 1 amide bonds. The lowest BCUT2D eigenvalue weighted by atomic mass is 10.1.